The Bertz CT molecular complexity index is 232. The van der Waals surface area contributed by atoms with Crippen LogP contribution in [0.5, 0.6) is 0 Å². The molecule has 0 aromatic carbocycles. The highest BCUT2D eigenvalue weighted by Gasteiger charge is 2.35. The first kappa shape index (κ1) is 16.1. The number of carbonyl (C=O) groups is 1. The SMILES string of the molecule is CCOCCCN(CC(F)(F)F)C(=O)C(F)F. The van der Waals surface area contributed by atoms with Gasteiger partial charge in [-0.05, 0) is 13.3 Å². The van der Waals surface area contributed by atoms with E-state index in [1.807, 2.05) is 0 Å². The third kappa shape index (κ3) is 7.89. The van der Waals surface area contributed by atoms with Crippen molar-refractivity contribution in [2.75, 3.05) is 26.3 Å². The average molecular weight is 263 g/mol. The summed E-state index contributed by atoms with van der Waals surface area (Å²) in [6.45, 7) is 0.131. The fourth-order valence-electron chi connectivity index (χ4n) is 1.12. The number of amides is 1. The van der Waals surface area contributed by atoms with Crippen molar-refractivity contribution in [3.8, 4) is 0 Å². The van der Waals surface area contributed by atoms with E-state index in [2.05, 4.69) is 0 Å². The van der Waals surface area contributed by atoms with Crippen LogP contribution in [0.1, 0.15) is 13.3 Å². The van der Waals surface area contributed by atoms with Crippen LogP contribution in [0.3, 0.4) is 0 Å². The summed E-state index contributed by atoms with van der Waals surface area (Å²) in [6, 6.07) is 0. The van der Waals surface area contributed by atoms with Gasteiger partial charge in [0.25, 0.3) is 5.91 Å². The average Bonchev–Trinajstić information content (AvgIpc) is 2.19. The molecule has 17 heavy (non-hydrogen) atoms. The molecule has 0 fully saturated rings. The van der Waals surface area contributed by atoms with Crippen molar-refractivity contribution in [3.63, 3.8) is 0 Å². The van der Waals surface area contributed by atoms with Crippen LogP contribution >= 0.6 is 0 Å². The number of hydrogen-bond acceptors (Lipinski definition) is 2. The number of carbonyl (C=O) groups excluding carboxylic acids is 1. The fraction of sp³-hybridized carbons (Fsp3) is 0.889. The Kier molecular flexibility index (Phi) is 7.01. The van der Waals surface area contributed by atoms with E-state index in [9.17, 15) is 26.7 Å². The topological polar surface area (TPSA) is 29.5 Å². The molecule has 0 aromatic rings. The Morgan fingerprint density at radius 2 is 1.94 bits per heavy atom. The van der Waals surface area contributed by atoms with E-state index in [0.717, 1.165) is 0 Å². The van der Waals surface area contributed by atoms with Gasteiger partial charge in [0.1, 0.15) is 6.54 Å². The summed E-state index contributed by atoms with van der Waals surface area (Å²) in [5, 5.41) is 0. The fourth-order valence-corrected chi connectivity index (χ4v) is 1.12. The molecule has 0 rings (SSSR count). The lowest BCUT2D eigenvalue weighted by atomic mass is 10.3. The monoisotopic (exact) mass is 263 g/mol. The summed E-state index contributed by atoms with van der Waals surface area (Å²) >= 11 is 0. The standard InChI is InChI=1S/C9H14F5NO2/c1-2-17-5-3-4-15(6-9(12,13)14)8(16)7(10)11/h7H,2-6H2,1H3. The van der Waals surface area contributed by atoms with Gasteiger partial charge in [-0.25, -0.2) is 0 Å². The number of halogens is 5. The second kappa shape index (κ2) is 7.41. The van der Waals surface area contributed by atoms with Crippen LogP contribution in [0.15, 0.2) is 0 Å². The normalized spacial score (nSPS) is 11.9. The third-order valence-corrected chi connectivity index (χ3v) is 1.79. The Morgan fingerprint density at radius 1 is 1.35 bits per heavy atom. The van der Waals surface area contributed by atoms with Crippen LogP contribution in [0.4, 0.5) is 22.0 Å². The number of nitrogens with zero attached hydrogens (tertiary/aromatic N) is 1. The van der Waals surface area contributed by atoms with Gasteiger partial charge < -0.3 is 9.64 Å². The predicted molar refractivity (Wildman–Crippen MR) is 49.7 cm³/mol. The molecule has 0 saturated carbocycles. The van der Waals surface area contributed by atoms with Crippen LogP contribution in [-0.4, -0.2) is 49.7 Å². The molecule has 0 spiro atoms. The molecule has 0 unspecified atom stereocenters. The van der Waals surface area contributed by atoms with Crippen LogP contribution < -0.4 is 0 Å². The van der Waals surface area contributed by atoms with Crippen LogP contribution in [0.25, 0.3) is 0 Å². The molecule has 0 saturated heterocycles. The second-order valence-electron chi connectivity index (χ2n) is 3.23. The Hall–Kier alpha value is -0.920. The van der Waals surface area contributed by atoms with Crippen molar-refractivity contribution >= 4 is 5.91 Å². The molecule has 8 heteroatoms. The van der Waals surface area contributed by atoms with Gasteiger partial charge in [-0.3, -0.25) is 4.79 Å². The van der Waals surface area contributed by atoms with Crippen molar-refractivity contribution in [1.29, 1.82) is 0 Å². The molecule has 3 nitrogen and oxygen atoms in total. The van der Waals surface area contributed by atoms with E-state index in [4.69, 9.17) is 4.74 Å². The van der Waals surface area contributed by atoms with E-state index in [0.29, 0.717) is 6.61 Å². The summed E-state index contributed by atoms with van der Waals surface area (Å²) in [5.41, 5.74) is 0. The van der Waals surface area contributed by atoms with Crippen molar-refractivity contribution < 1.29 is 31.5 Å². The van der Waals surface area contributed by atoms with Crippen molar-refractivity contribution in [2.24, 2.45) is 0 Å². The molecule has 0 aromatic heterocycles. The molecule has 0 heterocycles. The minimum atomic E-state index is -4.68. The highest BCUT2D eigenvalue weighted by Crippen LogP contribution is 2.17. The number of ether oxygens (including phenoxy) is 1. The summed E-state index contributed by atoms with van der Waals surface area (Å²) < 4.78 is 65.0. The number of hydrogen-bond donors (Lipinski definition) is 0. The zero-order valence-corrected chi connectivity index (χ0v) is 9.27. The van der Waals surface area contributed by atoms with Gasteiger partial charge in [-0.2, -0.15) is 22.0 Å². The van der Waals surface area contributed by atoms with E-state index >= 15 is 0 Å². The zero-order chi connectivity index (χ0) is 13.5. The van der Waals surface area contributed by atoms with Gasteiger partial charge in [0.15, 0.2) is 0 Å². The Balaban J connectivity index is 4.26. The van der Waals surface area contributed by atoms with Crippen molar-refractivity contribution in [1.82, 2.24) is 4.90 Å². The maximum atomic E-state index is 12.0. The van der Waals surface area contributed by atoms with E-state index in [-0.39, 0.29) is 17.9 Å². The molecule has 102 valence electrons. The highest BCUT2D eigenvalue weighted by atomic mass is 19.4. The van der Waals surface area contributed by atoms with E-state index < -0.39 is 31.6 Å². The Labute approximate surface area is 95.5 Å². The van der Waals surface area contributed by atoms with Crippen LogP contribution in [-0.2, 0) is 9.53 Å². The predicted octanol–water partition coefficient (Wildman–Crippen LogP) is 2.07. The highest BCUT2D eigenvalue weighted by molar-refractivity contribution is 5.79. The minimum Gasteiger partial charge on any atom is -0.382 e. The second-order valence-corrected chi connectivity index (χ2v) is 3.23. The maximum Gasteiger partial charge on any atom is 0.406 e. The third-order valence-electron chi connectivity index (χ3n) is 1.79. The molecule has 1 amide bonds. The number of rotatable bonds is 7. The minimum absolute atomic E-state index is 0.0857. The van der Waals surface area contributed by atoms with Crippen molar-refractivity contribution in [2.45, 2.75) is 25.9 Å². The lowest BCUT2D eigenvalue weighted by Gasteiger charge is -2.23. The van der Waals surface area contributed by atoms with Gasteiger partial charge in [-0.15, -0.1) is 0 Å². The molecule has 0 aliphatic heterocycles. The lowest BCUT2D eigenvalue weighted by molar-refractivity contribution is -0.168. The molecule has 0 bridgehead atoms. The quantitative estimate of drug-likeness (QED) is 0.520. The van der Waals surface area contributed by atoms with Gasteiger partial charge in [0.05, 0.1) is 0 Å². The van der Waals surface area contributed by atoms with Crippen molar-refractivity contribution in [3.05, 3.63) is 0 Å². The van der Waals surface area contributed by atoms with Crippen LogP contribution in [0, 0.1) is 0 Å². The summed E-state index contributed by atoms with van der Waals surface area (Å²) in [5.74, 6) is -1.81. The molecular weight excluding hydrogens is 249 g/mol. The first-order valence-electron chi connectivity index (χ1n) is 4.99. The molecule has 0 radical (unpaired) electrons. The van der Waals surface area contributed by atoms with Gasteiger partial charge in [-0.1, -0.05) is 0 Å². The molecular formula is C9H14F5NO2. The van der Waals surface area contributed by atoms with Gasteiger partial charge in [0.2, 0.25) is 0 Å². The molecule has 0 atom stereocenters. The van der Waals surface area contributed by atoms with E-state index in [1.54, 1.807) is 6.92 Å². The number of alkyl halides is 5. The van der Waals surface area contributed by atoms with E-state index in [1.165, 1.54) is 0 Å². The molecule has 0 N–H and O–H groups in total. The van der Waals surface area contributed by atoms with Crippen LogP contribution in [0.2, 0.25) is 0 Å². The summed E-state index contributed by atoms with van der Waals surface area (Å²) in [7, 11) is 0. The maximum absolute atomic E-state index is 12.0. The largest absolute Gasteiger partial charge is 0.406 e. The first-order chi connectivity index (χ1) is 7.78. The molecule has 0 aliphatic rings. The summed E-state index contributed by atoms with van der Waals surface area (Å²) in [6.07, 6.45) is -8.03. The van der Waals surface area contributed by atoms with Gasteiger partial charge >= 0.3 is 12.6 Å². The lowest BCUT2D eigenvalue weighted by Crippen LogP contribution is -2.42. The zero-order valence-electron chi connectivity index (χ0n) is 9.27. The van der Waals surface area contributed by atoms with Gasteiger partial charge in [0, 0.05) is 19.8 Å². The summed E-state index contributed by atoms with van der Waals surface area (Å²) in [4.78, 5) is 10.9. The smallest absolute Gasteiger partial charge is 0.382 e. The molecule has 0 aliphatic carbocycles. The first-order valence-corrected chi connectivity index (χ1v) is 4.99. The Morgan fingerprint density at radius 3 is 2.35 bits per heavy atom.